The fraction of sp³-hybridized carbons (Fsp3) is 1.00. The molecule has 14 N–H and O–H groups in total. The standard InChI is InChI=1S/C55H90O26/c1-21-7-12-55(72-18-21)22(2)34-30(81-55)14-27-25-6-5-23-13-24(8-10-53(23,3)26(25)9-11-54(27,34)4)73-50-43(69)40(66)44(33(17-58)76-50)77-52-47(45(38(64)32(16-57)75-52)78-48-41(67)35(61)28(59)19-70-48)80-51-46(39(65)37(63)31(15-56)74-51)79-49-42(68)36(62)29(60)20-71-49/h21-52,56-69H,5-20H2,1-4H3. The predicted molar refractivity (Wildman–Crippen MR) is 269 cm³/mol. The third-order valence-corrected chi connectivity index (χ3v) is 21.7. The highest BCUT2D eigenvalue weighted by atomic mass is 16.8. The summed E-state index contributed by atoms with van der Waals surface area (Å²) in [5.74, 6) is 2.87. The summed E-state index contributed by atoms with van der Waals surface area (Å²) in [5, 5.41) is 153. The second-order valence-corrected chi connectivity index (χ2v) is 26.2. The number of hydrogen-bond acceptors (Lipinski definition) is 26. The van der Waals surface area contributed by atoms with Crippen LogP contribution in [0.15, 0.2) is 0 Å². The Morgan fingerprint density at radius 3 is 1.64 bits per heavy atom. The van der Waals surface area contributed by atoms with Gasteiger partial charge in [-0.1, -0.05) is 27.7 Å². The summed E-state index contributed by atoms with van der Waals surface area (Å²) < 4.78 is 73.8. The van der Waals surface area contributed by atoms with Gasteiger partial charge in [-0.3, -0.25) is 0 Å². The lowest BCUT2D eigenvalue weighted by molar-refractivity contribution is -0.412. The third kappa shape index (κ3) is 10.9. The van der Waals surface area contributed by atoms with E-state index in [4.69, 9.17) is 56.8 Å². The van der Waals surface area contributed by atoms with E-state index in [2.05, 4.69) is 27.7 Å². The van der Waals surface area contributed by atoms with E-state index in [9.17, 15) is 71.5 Å². The van der Waals surface area contributed by atoms with Crippen LogP contribution < -0.4 is 0 Å². The van der Waals surface area contributed by atoms with Crippen molar-refractivity contribution < 1.29 is 128 Å². The molecule has 11 aliphatic rings. The Morgan fingerprint density at radius 1 is 0.457 bits per heavy atom. The van der Waals surface area contributed by atoms with Crippen molar-refractivity contribution in [3.63, 3.8) is 0 Å². The summed E-state index contributed by atoms with van der Waals surface area (Å²) in [6.45, 7) is 6.55. The molecule has 4 saturated carbocycles. The number of hydrogen-bond donors (Lipinski definition) is 14. The minimum atomic E-state index is -2.03. The second-order valence-electron chi connectivity index (χ2n) is 26.2. The van der Waals surface area contributed by atoms with Crippen LogP contribution in [0, 0.1) is 52.3 Å². The average Bonchev–Trinajstić information content (AvgIpc) is 3.68. The Kier molecular flexibility index (Phi) is 18.4. The fourth-order valence-electron chi connectivity index (χ4n) is 17.1. The smallest absolute Gasteiger partial charge is 0.187 e. The van der Waals surface area contributed by atoms with Crippen molar-refractivity contribution in [3.8, 4) is 0 Å². The van der Waals surface area contributed by atoms with E-state index in [1.54, 1.807) is 0 Å². The molecule has 26 heteroatoms. The number of ether oxygens (including phenoxy) is 12. The molecule has 0 bridgehead atoms. The summed E-state index contributed by atoms with van der Waals surface area (Å²) >= 11 is 0. The molecule has 466 valence electrons. The highest BCUT2D eigenvalue weighted by Gasteiger charge is 2.69. The van der Waals surface area contributed by atoms with Crippen molar-refractivity contribution in [1.29, 1.82) is 0 Å². The fourth-order valence-corrected chi connectivity index (χ4v) is 17.1. The average molecular weight is 1170 g/mol. The lowest BCUT2D eigenvalue weighted by atomic mass is 9.44. The maximum atomic E-state index is 12.0. The van der Waals surface area contributed by atoms with Gasteiger partial charge in [-0.15, -0.1) is 0 Å². The molecule has 7 heterocycles. The Hall–Kier alpha value is -1.04. The van der Waals surface area contributed by atoms with Crippen LogP contribution in [-0.4, -0.2) is 270 Å². The lowest BCUT2D eigenvalue weighted by Gasteiger charge is -2.61. The van der Waals surface area contributed by atoms with Gasteiger partial charge in [-0.05, 0) is 104 Å². The minimum absolute atomic E-state index is 0.0569. The molecule has 11 rings (SSSR count). The zero-order valence-electron chi connectivity index (χ0n) is 46.4. The number of aliphatic hydroxyl groups excluding tert-OH is 14. The molecule has 35 atom stereocenters. The van der Waals surface area contributed by atoms with E-state index in [-0.39, 0.29) is 23.0 Å². The normalized spacial score (nSPS) is 57.6. The van der Waals surface area contributed by atoms with Crippen LogP contribution >= 0.6 is 0 Å². The second kappa shape index (κ2) is 24.2. The van der Waals surface area contributed by atoms with Gasteiger partial charge in [0.25, 0.3) is 0 Å². The van der Waals surface area contributed by atoms with E-state index < -0.39 is 180 Å². The van der Waals surface area contributed by atoms with Crippen molar-refractivity contribution in [1.82, 2.24) is 0 Å². The SMILES string of the molecule is CC1CCC2(OC1)OC1CC3C4CCC5CC(OC6OC(CO)C(OC7OC(CO)C(O)C(OC8OCC(O)C(O)C8O)C7OC7OC(CO)C(O)C(O)C7OC7OCC(O)C(O)C7O)C(O)C6O)CCC5(C)C4CCC3(C)C1C2C. The van der Waals surface area contributed by atoms with Gasteiger partial charge in [0.15, 0.2) is 37.2 Å². The summed E-state index contributed by atoms with van der Waals surface area (Å²) in [4.78, 5) is 0. The van der Waals surface area contributed by atoms with Crippen LogP contribution in [0.3, 0.4) is 0 Å². The lowest BCUT2D eigenvalue weighted by Crippen LogP contribution is -2.69. The molecule has 35 unspecified atom stereocenters. The van der Waals surface area contributed by atoms with Crippen molar-refractivity contribution in [2.75, 3.05) is 39.6 Å². The summed E-state index contributed by atoms with van der Waals surface area (Å²) in [7, 11) is 0. The largest absolute Gasteiger partial charge is 0.394 e. The van der Waals surface area contributed by atoms with Crippen LogP contribution in [0.2, 0.25) is 0 Å². The first kappa shape index (κ1) is 61.6. The first-order valence-electron chi connectivity index (χ1n) is 29.7. The molecule has 0 aromatic rings. The van der Waals surface area contributed by atoms with Gasteiger partial charge in [0.1, 0.15) is 110 Å². The number of rotatable bonds is 13. The van der Waals surface area contributed by atoms with Crippen LogP contribution in [0.25, 0.3) is 0 Å². The quantitative estimate of drug-likeness (QED) is 0.0786. The molecule has 0 amide bonds. The Morgan fingerprint density at radius 2 is 1.01 bits per heavy atom. The molecular formula is C55H90O26. The van der Waals surface area contributed by atoms with Gasteiger partial charge in [-0.2, -0.15) is 0 Å². The van der Waals surface area contributed by atoms with Gasteiger partial charge >= 0.3 is 0 Å². The summed E-state index contributed by atoms with van der Waals surface area (Å²) in [5.41, 5.74) is 0.234. The molecule has 7 aliphatic heterocycles. The van der Waals surface area contributed by atoms with Gasteiger partial charge < -0.3 is 128 Å². The number of fused-ring (bicyclic) bond motifs is 7. The maximum Gasteiger partial charge on any atom is 0.187 e. The monoisotopic (exact) mass is 1170 g/mol. The van der Waals surface area contributed by atoms with E-state index in [0.717, 1.165) is 58.0 Å². The van der Waals surface area contributed by atoms with Gasteiger partial charge in [0.05, 0.1) is 51.8 Å². The van der Waals surface area contributed by atoms with Crippen molar-refractivity contribution in [2.24, 2.45) is 52.3 Å². The first-order chi connectivity index (χ1) is 38.6. The molecule has 0 radical (unpaired) electrons. The van der Waals surface area contributed by atoms with Crippen LogP contribution in [-0.2, 0) is 56.8 Å². The molecular weight excluding hydrogens is 1080 g/mol. The third-order valence-electron chi connectivity index (χ3n) is 21.7. The molecule has 4 aliphatic carbocycles. The van der Waals surface area contributed by atoms with Gasteiger partial charge in [0, 0.05) is 12.3 Å². The maximum absolute atomic E-state index is 12.0. The van der Waals surface area contributed by atoms with E-state index in [1.165, 1.54) is 0 Å². The molecule has 26 nitrogen and oxygen atoms in total. The van der Waals surface area contributed by atoms with Gasteiger partial charge in [-0.25, -0.2) is 0 Å². The Labute approximate surface area is 470 Å². The molecule has 0 aromatic carbocycles. The summed E-state index contributed by atoms with van der Waals surface area (Å²) in [6, 6.07) is 0. The van der Waals surface area contributed by atoms with E-state index >= 15 is 0 Å². The van der Waals surface area contributed by atoms with Crippen LogP contribution in [0.4, 0.5) is 0 Å². The molecule has 1 spiro atoms. The highest BCUT2D eigenvalue weighted by molar-refractivity contribution is 5.16. The predicted octanol–water partition coefficient (Wildman–Crippen LogP) is -3.81. The van der Waals surface area contributed by atoms with Crippen LogP contribution in [0.5, 0.6) is 0 Å². The molecule has 0 aromatic heterocycles. The van der Waals surface area contributed by atoms with Gasteiger partial charge in [0.2, 0.25) is 0 Å². The van der Waals surface area contributed by atoms with Crippen molar-refractivity contribution >= 4 is 0 Å². The molecule has 7 saturated heterocycles. The van der Waals surface area contributed by atoms with Crippen molar-refractivity contribution in [2.45, 2.75) is 251 Å². The van der Waals surface area contributed by atoms with E-state index in [1.807, 2.05) is 0 Å². The Bertz CT molecular complexity index is 2090. The minimum Gasteiger partial charge on any atom is -0.394 e. The highest BCUT2D eigenvalue weighted by Crippen LogP contribution is 2.71. The number of aliphatic hydroxyl groups is 14. The Balaban J connectivity index is 0.790. The van der Waals surface area contributed by atoms with E-state index in [0.29, 0.717) is 54.3 Å². The zero-order chi connectivity index (χ0) is 57.8. The van der Waals surface area contributed by atoms with Crippen LogP contribution in [0.1, 0.15) is 91.9 Å². The first-order valence-corrected chi connectivity index (χ1v) is 29.7. The topological polar surface area (TPSA) is 394 Å². The molecule has 81 heavy (non-hydrogen) atoms. The molecule has 11 fully saturated rings. The summed E-state index contributed by atoms with van der Waals surface area (Å²) in [6.07, 6.45) is -31.8. The van der Waals surface area contributed by atoms with Crippen molar-refractivity contribution in [3.05, 3.63) is 0 Å². The zero-order valence-corrected chi connectivity index (χ0v) is 46.4.